The highest BCUT2D eigenvalue weighted by molar-refractivity contribution is 7.17. The molecule has 0 aromatic carbocycles. The molecule has 0 spiro atoms. The predicted octanol–water partition coefficient (Wildman–Crippen LogP) is 2.09. The third-order valence-corrected chi connectivity index (χ3v) is 3.87. The summed E-state index contributed by atoms with van der Waals surface area (Å²) in [6.07, 6.45) is 1.01. The number of thiazole rings is 1. The van der Waals surface area contributed by atoms with Crippen molar-refractivity contribution in [2.75, 3.05) is 18.9 Å². The van der Waals surface area contributed by atoms with Crippen LogP contribution in [0.15, 0.2) is 10.9 Å². The van der Waals surface area contributed by atoms with Gasteiger partial charge in [-0.15, -0.1) is 21.5 Å². The van der Waals surface area contributed by atoms with Gasteiger partial charge in [0.1, 0.15) is 0 Å². The molecule has 1 N–H and O–H groups in total. The molecule has 0 saturated carbocycles. The zero-order chi connectivity index (χ0) is 13.7. The molecule has 19 heavy (non-hydrogen) atoms. The first-order valence-electron chi connectivity index (χ1n) is 5.90. The van der Waals surface area contributed by atoms with Gasteiger partial charge >= 0.3 is 0 Å². The number of carbonyl (C=O) groups is 1. The zero-order valence-electron chi connectivity index (χ0n) is 10.8. The summed E-state index contributed by atoms with van der Waals surface area (Å²) in [5, 5.41) is 14.0. The van der Waals surface area contributed by atoms with Crippen molar-refractivity contribution in [1.29, 1.82) is 0 Å². The van der Waals surface area contributed by atoms with Crippen LogP contribution in [0.25, 0.3) is 0 Å². The van der Waals surface area contributed by atoms with Gasteiger partial charge in [-0.3, -0.25) is 4.79 Å². The summed E-state index contributed by atoms with van der Waals surface area (Å²) in [5.74, 6) is -0.130. The minimum absolute atomic E-state index is 0.130. The van der Waals surface area contributed by atoms with E-state index >= 15 is 0 Å². The van der Waals surface area contributed by atoms with Crippen LogP contribution in [0.3, 0.4) is 0 Å². The second kappa shape index (κ2) is 6.58. The molecule has 0 radical (unpaired) electrons. The normalized spacial score (nSPS) is 10.4. The molecule has 2 aromatic rings. The average Bonchev–Trinajstić information content (AvgIpc) is 3.06. The summed E-state index contributed by atoms with van der Waals surface area (Å²) < 4.78 is 0. The van der Waals surface area contributed by atoms with E-state index in [1.807, 2.05) is 5.38 Å². The number of aromatic nitrogens is 3. The predicted molar refractivity (Wildman–Crippen MR) is 76.6 cm³/mol. The molecule has 0 saturated heterocycles. The summed E-state index contributed by atoms with van der Waals surface area (Å²) in [5.41, 5.74) is 2.64. The van der Waals surface area contributed by atoms with Crippen molar-refractivity contribution in [3.8, 4) is 0 Å². The van der Waals surface area contributed by atoms with E-state index in [1.54, 1.807) is 17.5 Å². The van der Waals surface area contributed by atoms with E-state index < -0.39 is 0 Å². The maximum atomic E-state index is 12.1. The van der Waals surface area contributed by atoms with Crippen LogP contribution >= 0.6 is 22.7 Å². The average molecular weight is 297 g/mol. The second-order valence-electron chi connectivity index (χ2n) is 3.98. The van der Waals surface area contributed by atoms with E-state index in [4.69, 9.17) is 0 Å². The van der Waals surface area contributed by atoms with Gasteiger partial charge in [-0.25, -0.2) is 4.98 Å². The van der Waals surface area contributed by atoms with Gasteiger partial charge in [0.15, 0.2) is 0 Å². The van der Waals surface area contributed by atoms with Crippen molar-refractivity contribution in [2.45, 2.75) is 19.9 Å². The summed E-state index contributed by atoms with van der Waals surface area (Å²) in [6, 6.07) is 0. The number of anilines is 1. The summed E-state index contributed by atoms with van der Waals surface area (Å²) in [6.45, 7) is 3.39. The van der Waals surface area contributed by atoms with Gasteiger partial charge in [0.25, 0.3) is 5.91 Å². The Bertz CT molecular complexity index is 525. The van der Waals surface area contributed by atoms with Crippen LogP contribution in [-0.4, -0.2) is 39.6 Å². The van der Waals surface area contributed by atoms with Gasteiger partial charge in [-0.2, -0.15) is 0 Å². The minimum atomic E-state index is -0.130. The van der Waals surface area contributed by atoms with Crippen molar-refractivity contribution in [3.05, 3.63) is 21.6 Å². The van der Waals surface area contributed by atoms with E-state index in [2.05, 4.69) is 27.4 Å². The summed E-state index contributed by atoms with van der Waals surface area (Å²) >= 11 is 2.80. The van der Waals surface area contributed by atoms with E-state index in [0.717, 1.165) is 18.7 Å². The topological polar surface area (TPSA) is 71.0 Å². The van der Waals surface area contributed by atoms with E-state index in [9.17, 15) is 4.79 Å². The molecular weight excluding hydrogens is 282 g/mol. The highest BCUT2D eigenvalue weighted by atomic mass is 32.1. The van der Waals surface area contributed by atoms with Crippen LogP contribution in [0.1, 0.15) is 28.8 Å². The standard InChI is InChI=1S/C11H15N5OS2/c1-3-4-12-11-15-14-9(19-11)10(17)16(2)5-8-6-18-7-13-8/h6-7H,3-5H2,1-2H3,(H,12,15). The molecule has 0 fully saturated rings. The molecule has 1 amide bonds. The molecule has 6 nitrogen and oxygen atoms in total. The Hall–Kier alpha value is -1.54. The fourth-order valence-electron chi connectivity index (χ4n) is 1.41. The van der Waals surface area contributed by atoms with Gasteiger partial charge in [0.05, 0.1) is 17.7 Å². The van der Waals surface area contributed by atoms with Gasteiger partial charge in [-0.05, 0) is 6.42 Å². The largest absolute Gasteiger partial charge is 0.360 e. The lowest BCUT2D eigenvalue weighted by Gasteiger charge is -2.13. The van der Waals surface area contributed by atoms with Crippen molar-refractivity contribution >= 4 is 33.7 Å². The molecule has 0 atom stereocenters. The molecular formula is C11H15N5OS2. The Morgan fingerprint density at radius 3 is 3.00 bits per heavy atom. The number of rotatable bonds is 6. The summed E-state index contributed by atoms with van der Waals surface area (Å²) in [4.78, 5) is 17.9. The Morgan fingerprint density at radius 2 is 2.32 bits per heavy atom. The third-order valence-electron chi connectivity index (χ3n) is 2.36. The fraction of sp³-hybridized carbons (Fsp3) is 0.455. The van der Waals surface area contributed by atoms with Crippen molar-refractivity contribution in [2.24, 2.45) is 0 Å². The molecule has 2 aromatic heterocycles. The monoisotopic (exact) mass is 297 g/mol. The molecule has 102 valence electrons. The van der Waals surface area contributed by atoms with E-state index in [1.165, 1.54) is 22.7 Å². The maximum Gasteiger partial charge on any atom is 0.285 e. The van der Waals surface area contributed by atoms with Crippen LogP contribution < -0.4 is 5.32 Å². The maximum absolute atomic E-state index is 12.1. The SMILES string of the molecule is CCCNc1nnc(C(=O)N(C)Cc2cscn2)s1. The molecule has 0 bridgehead atoms. The second-order valence-corrected chi connectivity index (χ2v) is 5.68. The lowest BCUT2D eigenvalue weighted by Crippen LogP contribution is -2.26. The fourth-order valence-corrected chi connectivity index (χ4v) is 2.72. The van der Waals surface area contributed by atoms with Gasteiger partial charge in [0, 0.05) is 19.0 Å². The minimum Gasteiger partial charge on any atom is -0.360 e. The molecule has 8 heteroatoms. The Kier molecular flexibility index (Phi) is 4.80. The highest BCUT2D eigenvalue weighted by Crippen LogP contribution is 2.17. The Labute approximate surface area is 119 Å². The lowest BCUT2D eigenvalue weighted by atomic mass is 10.4. The highest BCUT2D eigenvalue weighted by Gasteiger charge is 2.17. The molecule has 2 rings (SSSR count). The van der Waals surface area contributed by atoms with Gasteiger partial charge < -0.3 is 10.2 Å². The Balaban J connectivity index is 1.96. The molecule has 0 aliphatic carbocycles. The molecule has 0 unspecified atom stereocenters. The number of amides is 1. The van der Waals surface area contributed by atoms with E-state index in [0.29, 0.717) is 16.7 Å². The number of nitrogens with one attached hydrogen (secondary N) is 1. The van der Waals surface area contributed by atoms with E-state index in [-0.39, 0.29) is 5.91 Å². The van der Waals surface area contributed by atoms with Crippen molar-refractivity contribution in [1.82, 2.24) is 20.1 Å². The summed E-state index contributed by atoms with van der Waals surface area (Å²) in [7, 11) is 1.74. The number of hydrogen-bond donors (Lipinski definition) is 1. The van der Waals surface area contributed by atoms with Gasteiger partial charge in [0.2, 0.25) is 10.1 Å². The Morgan fingerprint density at radius 1 is 1.47 bits per heavy atom. The zero-order valence-corrected chi connectivity index (χ0v) is 12.4. The number of carbonyl (C=O) groups excluding carboxylic acids is 1. The molecule has 0 aliphatic rings. The van der Waals surface area contributed by atoms with Crippen LogP contribution in [0, 0.1) is 0 Å². The lowest BCUT2D eigenvalue weighted by molar-refractivity contribution is 0.0782. The molecule has 0 aliphatic heterocycles. The number of nitrogens with zero attached hydrogens (tertiary/aromatic N) is 4. The van der Waals surface area contributed by atoms with Crippen LogP contribution in [0.2, 0.25) is 0 Å². The quantitative estimate of drug-likeness (QED) is 0.884. The van der Waals surface area contributed by atoms with Crippen molar-refractivity contribution in [3.63, 3.8) is 0 Å². The first-order valence-corrected chi connectivity index (χ1v) is 7.66. The number of hydrogen-bond acceptors (Lipinski definition) is 7. The van der Waals surface area contributed by atoms with Crippen molar-refractivity contribution < 1.29 is 4.79 Å². The smallest absolute Gasteiger partial charge is 0.285 e. The van der Waals surface area contributed by atoms with Crippen LogP contribution in [0.4, 0.5) is 5.13 Å². The van der Waals surface area contributed by atoms with Gasteiger partial charge in [-0.1, -0.05) is 18.3 Å². The third kappa shape index (κ3) is 3.71. The first-order chi connectivity index (χ1) is 9.20. The first kappa shape index (κ1) is 13.9. The van der Waals surface area contributed by atoms with Crippen LogP contribution in [-0.2, 0) is 6.54 Å². The van der Waals surface area contributed by atoms with Crippen LogP contribution in [0.5, 0.6) is 0 Å². The molecule has 2 heterocycles.